The zero-order valence-corrected chi connectivity index (χ0v) is 36.4. The molecule has 5 aromatic rings. The minimum absolute atomic E-state index is 0.235. The molecule has 13 heteroatoms. The molecule has 0 saturated carbocycles. The fourth-order valence-electron chi connectivity index (χ4n) is 8.60. The first-order valence-corrected chi connectivity index (χ1v) is 21.6. The van der Waals surface area contributed by atoms with Gasteiger partial charge in [-0.1, -0.05) is 70.2 Å². The SMILES string of the molecule is CCc1nc2c(cnn2CC)c(NC2CCOCC2)c1CNC(=O)c1cccc(C(=O)NCc2cccc(-c3cccc(CN4CCN(C(=O)O)[C@@](C)(C(C)(C)C)C4)c3)c2)c1. The molecule has 0 radical (unpaired) electrons. The molecule has 0 bridgehead atoms. The van der Waals surface area contributed by atoms with Crippen molar-refractivity contribution in [1.82, 2.24) is 35.2 Å². The van der Waals surface area contributed by atoms with E-state index in [-0.39, 0.29) is 29.8 Å². The number of carbonyl (C=O) groups excluding carboxylic acids is 2. The molecule has 2 fully saturated rings. The molecule has 4 N–H and O–H groups in total. The molecule has 2 aromatic heterocycles. The van der Waals surface area contributed by atoms with E-state index < -0.39 is 11.6 Å². The van der Waals surface area contributed by atoms with Crippen LogP contribution in [0.3, 0.4) is 0 Å². The second-order valence-corrected chi connectivity index (χ2v) is 17.5. The van der Waals surface area contributed by atoms with Gasteiger partial charge >= 0.3 is 6.09 Å². The van der Waals surface area contributed by atoms with Crippen LogP contribution in [0.5, 0.6) is 0 Å². The Morgan fingerprint density at radius 2 is 1.51 bits per heavy atom. The molecule has 322 valence electrons. The van der Waals surface area contributed by atoms with Crippen LogP contribution in [0.2, 0.25) is 0 Å². The summed E-state index contributed by atoms with van der Waals surface area (Å²) in [4.78, 5) is 48.2. The monoisotopic (exact) mass is 828 g/mol. The number of rotatable bonds is 13. The number of carbonyl (C=O) groups is 3. The third-order valence-electron chi connectivity index (χ3n) is 12.6. The van der Waals surface area contributed by atoms with E-state index in [1.165, 1.54) is 0 Å². The number of hydrogen-bond donors (Lipinski definition) is 4. The lowest BCUT2D eigenvalue weighted by Gasteiger charge is -2.54. The summed E-state index contributed by atoms with van der Waals surface area (Å²) in [5.74, 6) is -0.551. The van der Waals surface area contributed by atoms with Gasteiger partial charge in [-0.15, -0.1) is 0 Å². The average molecular weight is 829 g/mol. The van der Waals surface area contributed by atoms with Crippen molar-refractivity contribution in [2.24, 2.45) is 5.41 Å². The number of pyridine rings is 1. The van der Waals surface area contributed by atoms with Crippen molar-refractivity contribution in [3.63, 3.8) is 0 Å². The van der Waals surface area contributed by atoms with Gasteiger partial charge in [-0.25, -0.2) is 14.5 Å². The molecule has 4 heterocycles. The summed E-state index contributed by atoms with van der Waals surface area (Å²) < 4.78 is 7.51. The molecule has 2 saturated heterocycles. The van der Waals surface area contributed by atoms with Gasteiger partial charge in [-0.2, -0.15) is 5.10 Å². The average Bonchev–Trinajstić information content (AvgIpc) is 3.68. The maximum absolute atomic E-state index is 13.7. The highest BCUT2D eigenvalue weighted by molar-refractivity contribution is 6.00. The van der Waals surface area contributed by atoms with Gasteiger partial charge < -0.3 is 25.8 Å². The van der Waals surface area contributed by atoms with Crippen LogP contribution >= 0.6 is 0 Å². The molecule has 2 aliphatic heterocycles. The van der Waals surface area contributed by atoms with Crippen LogP contribution in [-0.4, -0.2) is 92.0 Å². The predicted octanol–water partition coefficient (Wildman–Crippen LogP) is 7.73. The van der Waals surface area contributed by atoms with Gasteiger partial charge in [0.15, 0.2) is 5.65 Å². The lowest BCUT2D eigenvalue weighted by Crippen LogP contribution is -2.67. The van der Waals surface area contributed by atoms with Crippen molar-refractivity contribution in [3.8, 4) is 11.1 Å². The number of fused-ring (bicyclic) bond motifs is 1. The Hall–Kier alpha value is -5.79. The number of benzene rings is 3. The summed E-state index contributed by atoms with van der Waals surface area (Å²) >= 11 is 0. The van der Waals surface area contributed by atoms with Crippen LogP contribution < -0.4 is 16.0 Å². The molecule has 0 spiro atoms. The standard InChI is InChI=1S/C48H60N8O5/c1-7-41-39(42(52-38-18-22-61-23-19-38)40-29-51-56(8-2)43(40)53-41)28-50-45(58)37-17-11-16-36(26-37)44(57)49-27-32-12-9-14-34(24-32)35-15-10-13-33(25-35)30-54-20-21-55(46(59)60)48(6,31-54)47(3,4)5/h9-17,24-26,29,38H,7-8,18-23,27-28,30-31H2,1-6H3,(H,49,57)(H,50,58)(H,52,53)(H,59,60)/t48-/m1/s1. The summed E-state index contributed by atoms with van der Waals surface area (Å²) in [6, 6.07) is 23.6. The molecule has 0 unspecified atom stereocenters. The number of aromatic nitrogens is 3. The highest BCUT2D eigenvalue weighted by Gasteiger charge is 2.48. The Morgan fingerprint density at radius 1 is 0.869 bits per heavy atom. The number of amides is 3. The Kier molecular flexibility index (Phi) is 13.1. The second-order valence-electron chi connectivity index (χ2n) is 17.5. The first kappa shape index (κ1) is 43.3. The van der Waals surface area contributed by atoms with E-state index in [0.29, 0.717) is 70.0 Å². The Balaban J connectivity index is 0.993. The molecular weight excluding hydrogens is 769 g/mol. The fraction of sp³-hybridized carbons (Fsp3) is 0.438. The third kappa shape index (κ3) is 9.58. The van der Waals surface area contributed by atoms with Crippen LogP contribution in [0, 0.1) is 5.41 Å². The van der Waals surface area contributed by atoms with E-state index >= 15 is 0 Å². The fourth-order valence-corrected chi connectivity index (χ4v) is 8.60. The minimum Gasteiger partial charge on any atom is -0.465 e. The zero-order valence-electron chi connectivity index (χ0n) is 36.4. The normalized spacial score (nSPS) is 17.6. The Morgan fingerprint density at radius 3 is 2.15 bits per heavy atom. The lowest BCUT2D eigenvalue weighted by molar-refractivity contribution is -0.0461. The maximum Gasteiger partial charge on any atom is 0.407 e. The van der Waals surface area contributed by atoms with Gasteiger partial charge in [0.1, 0.15) is 0 Å². The minimum atomic E-state index is -0.870. The summed E-state index contributed by atoms with van der Waals surface area (Å²) in [6.07, 6.45) is 3.46. The number of hydrogen-bond acceptors (Lipinski definition) is 8. The molecule has 3 amide bonds. The molecule has 2 aliphatic rings. The number of anilines is 1. The summed E-state index contributed by atoms with van der Waals surface area (Å²) in [5.41, 5.74) is 7.85. The van der Waals surface area contributed by atoms with Crippen molar-refractivity contribution in [2.45, 2.75) is 98.6 Å². The first-order chi connectivity index (χ1) is 29.3. The van der Waals surface area contributed by atoms with Gasteiger partial charge in [0.25, 0.3) is 11.8 Å². The topological polar surface area (TPSA) is 154 Å². The van der Waals surface area contributed by atoms with Crippen LogP contribution in [0.1, 0.15) is 97.5 Å². The molecule has 7 rings (SSSR count). The van der Waals surface area contributed by atoms with Crippen molar-refractivity contribution < 1.29 is 24.2 Å². The third-order valence-corrected chi connectivity index (χ3v) is 12.6. The van der Waals surface area contributed by atoms with Crippen molar-refractivity contribution in [2.75, 3.05) is 38.2 Å². The molecule has 1 atom stereocenters. The van der Waals surface area contributed by atoms with Gasteiger partial charge in [0, 0.05) is 87.5 Å². The number of carboxylic acid groups (broad SMARTS) is 1. The van der Waals surface area contributed by atoms with E-state index in [4.69, 9.17) is 9.72 Å². The Bertz CT molecular complexity index is 2380. The van der Waals surface area contributed by atoms with Crippen LogP contribution in [-0.2, 0) is 37.3 Å². The number of aryl methyl sites for hydroxylation is 2. The van der Waals surface area contributed by atoms with E-state index in [1.807, 2.05) is 29.9 Å². The molecule has 13 nitrogen and oxygen atoms in total. The van der Waals surface area contributed by atoms with Gasteiger partial charge in [0.2, 0.25) is 0 Å². The number of nitrogens with zero attached hydrogens (tertiary/aromatic N) is 5. The number of ether oxygens (including phenoxy) is 1. The van der Waals surface area contributed by atoms with E-state index in [2.05, 4.69) is 97.0 Å². The van der Waals surface area contributed by atoms with Crippen molar-refractivity contribution in [1.29, 1.82) is 0 Å². The Labute approximate surface area is 358 Å². The van der Waals surface area contributed by atoms with Crippen LogP contribution in [0.15, 0.2) is 79.0 Å². The number of nitrogens with one attached hydrogen (secondary N) is 3. The summed E-state index contributed by atoms with van der Waals surface area (Å²) in [7, 11) is 0. The lowest BCUT2D eigenvalue weighted by atomic mass is 9.72. The highest BCUT2D eigenvalue weighted by Crippen LogP contribution is 2.39. The molecule has 0 aliphatic carbocycles. The predicted molar refractivity (Wildman–Crippen MR) is 239 cm³/mol. The maximum atomic E-state index is 13.7. The highest BCUT2D eigenvalue weighted by atomic mass is 16.5. The smallest absolute Gasteiger partial charge is 0.407 e. The van der Waals surface area contributed by atoms with E-state index in [9.17, 15) is 19.5 Å². The van der Waals surface area contributed by atoms with Crippen LogP contribution in [0.4, 0.5) is 10.5 Å². The van der Waals surface area contributed by atoms with Crippen LogP contribution in [0.25, 0.3) is 22.2 Å². The van der Waals surface area contributed by atoms with Gasteiger partial charge in [0.05, 0.1) is 22.8 Å². The van der Waals surface area contributed by atoms with Crippen molar-refractivity contribution in [3.05, 3.63) is 113 Å². The molecule has 3 aromatic carbocycles. The largest absolute Gasteiger partial charge is 0.465 e. The summed E-state index contributed by atoms with van der Waals surface area (Å²) in [5, 5.41) is 25.4. The summed E-state index contributed by atoms with van der Waals surface area (Å²) in [6.45, 7) is 17.7. The molecular formula is C48H60N8O5. The number of piperazine rings is 1. The zero-order chi connectivity index (χ0) is 43.3. The van der Waals surface area contributed by atoms with Gasteiger partial charge in [-0.3, -0.25) is 19.4 Å². The second kappa shape index (κ2) is 18.4. The van der Waals surface area contributed by atoms with E-state index in [0.717, 1.165) is 63.1 Å². The molecule has 61 heavy (non-hydrogen) atoms. The first-order valence-electron chi connectivity index (χ1n) is 21.6. The van der Waals surface area contributed by atoms with Gasteiger partial charge in [-0.05, 0) is 91.1 Å². The van der Waals surface area contributed by atoms with Crippen molar-refractivity contribution >= 4 is 34.6 Å². The quantitative estimate of drug-likeness (QED) is 0.0934. The van der Waals surface area contributed by atoms with E-state index in [1.54, 1.807) is 29.2 Å².